The molecule has 0 rings (SSSR count). The molecule has 0 aliphatic heterocycles. The molecule has 0 aromatic heterocycles. The summed E-state index contributed by atoms with van der Waals surface area (Å²) in [6.45, 7) is 0. The average Bonchev–Trinajstić information content (AvgIpc) is 1.41. The van der Waals surface area contributed by atoms with Gasteiger partial charge >= 0.3 is 20.5 Å². The minimum absolute atomic E-state index is 2.33. The molecule has 0 aliphatic carbocycles. The van der Waals surface area contributed by atoms with E-state index in [4.69, 9.17) is 19.2 Å². The van der Waals surface area contributed by atoms with Crippen molar-refractivity contribution < 1.29 is 35.5 Å². The normalized spacial score (nSPS) is 5.17. The van der Waals surface area contributed by atoms with Gasteiger partial charge in [0.15, 0.2) is 0 Å². The molecule has 5 heteroatoms. The Labute approximate surface area is 42.6 Å². The van der Waals surface area contributed by atoms with Crippen molar-refractivity contribution in [3.63, 3.8) is 0 Å². The molecular formula is CHCuO4. The van der Waals surface area contributed by atoms with E-state index in [2.05, 4.69) is 16.3 Å². The second-order valence-electron chi connectivity index (χ2n) is 0.250. The monoisotopic (exact) mass is 140 g/mol. The molecule has 0 bridgehead atoms. The van der Waals surface area contributed by atoms with Crippen LogP contribution in [0.4, 0.5) is 4.79 Å². The van der Waals surface area contributed by atoms with E-state index in [1.54, 1.807) is 0 Å². The molecule has 6 heavy (non-hydrogen) atoms. The molecule has 0 amide bonds. The van der Waals surface area contributed by atoms with Gasteiger partial charge in [0, 0.05) is 0 Å². The number of carbonyl (C=O) groups is 1. The molecular weight excluding hydrogens is 140 g/mol. The van der Waals surface area contributed by atoms with Crippen LogP contribution in [-0.4, -0.2) is 10.3 Å². The zero-order chi connectivity index (χ0) is 5.58. The second-order valence-corrected chi connectivity index (χ2v) is 0.250. The Morgan fingerprint density at radius 1 is 1.50 bits per heavy atom. The van der Waals surface area contributed by atoms with Gasteiger partial charge in [-0.2, -0.15) is 0 Å². The van der Waals surface area contributed by atoms with E-state index in [1.807, 2.05) is 0 Å². The van der Waals surface area contributed by atoms with E-state index in [0.717, 1.165) is 0 Å². The quantitative estimate of drug-likeness (QED) is 0.364. The Kier molecular flexibility index (Phi) is 13.6. The molecule has 0 unspecified atom stereocenters. The van der Waals surface area contributed by atoms with Crippen LogP contribution in [0.1, 0.15) is 0 Å². The van der Waals surface area contributed by atoms with Crippen molar-refractivity contribution in [2.24, 2.45) is 0 Å². The van der Waals surface area contributed by atoms with E-state index in [-0.39, 0.29) is 0 Å². The average molecular weight is 141 g/mol. The standard InChI is InChI=1S/CH2O3.Cu.H2O/c2-1(3)4;;/h(H2,2,3,4);;1H2/q;+3;/p-3. The third-order valence-corrected chi connectivity index (χ3v) is 0. The van der Waals surface area contributed by atoms with E-state index in [1.165, 1.54) is 0 Å². The van der Waals surface area contributed by atoms with Gasteiger partial charge in [0.25, 0.3) is 0 Å². The summed E-state index contributed by atoms with van der Waals surface area (Å²) < 4.78 is 6.56. The van der Waals surface area contributed by atoms with Crippen molar-refractivity contribution in [1.82, 2.24) is 0 Å². The predicted octanol–water partition coefficient (Wildman–Crippen LogP) is -3.01. The van der Waals surface area contributed by atoms with Gasteiger partial charge in [-0.15, -0.1) is 0 Å². The number of carbonyl (C=O) groups excluding carboxylic acids is 1. The van der Waals surface area contributed by atoms with Crippen LogP contribution in [0.25, 0.3) is 0 Å². The topological polar surface area (TPSA) is 83.4 Å². The van der Waals surface area contributed by atoms with Crippen LogP contribution in [0.5, 0.6) is 0 Å². The Hall–Kier alpha value is -0.251. The first kappa shape index (κ1) is 9.23. The summed E-state index contributed by atoms with van der Waals surface area (Å²) in [6, 6.07) is 0. The van der Waals surface area contributed by atoms with Crippen molar-refractivity contribution in [2.75, 3.05) is 0 Å². The summed E-state index contributed by atoms with van der Waals surface area (Å²) in [4.78, 5) is 8.33. The molecule has 0 heterocycles. The molecule has 0 aromatic rings. The van der Waals surface area contributed by atoms with Crippen LogP contribution in [0.2, 0.25) is 0 Å². The summed E-state index contributed by atoms with van der Waals surface area (Å²) in [5, 5.41) is 16.7. The van der Waals surface area contributed by atoms with Gasteiger partial charge in [0.2, 0.25) is 0 Å². The van der Waals surface area contributed by atoms with Gasteiger partial charge < -0.3 is 15.0 Å². The molecule has 0 fully saturated rings. The zero-order valence-electron chi connectivity index (χ0n) is 2.47. The van der Waals surface area contributed by atoms with E-state index in [0.29, 0.717) is 0 Å². The van der Waals surface area contributed by atoms with E-state index in [9.17, 15) is 0 Å². The van der Waals surface area contributed by atoms with Crippen LogP contribution >= 0.6 is 0 Å². The van der Waals surface area contributed by atoms with Crippen LogP contribution in [-0.2, 0) is 16.3 Å². The Balaban J connectivity index is 0. The van der Waals surface area contributed by atoms with E-state index >= 15 is 0 Å². The van der Waals surface area contributed by atoms with Crippen molar-refractivity contribution in [3.05, 3.63) is 0 Å². The first-order valence-corrected chi connectivity index (χ1v) is 1.17. The summed E-state index contributed by atoms with van der Waals surface area (Å²) in [5.74, 6) is 0. The molecule has 0 radical (unpaired) electrons. The van der Waals surface area contributed by atoms with Crippen molar-refractivity contribution in [3.8, 4) is 0 Å². The SMILES string of the molecule is O=C([O-])[O-].[OH][Cu+2]. The summed E-state index contributed by atoms with van der Waals surface area (Å²) >= 11 is 3.19. The number of rotatable bonds is 0. The molecule has 1 N–H and O–H groups in total. The first-order chi connectivity index (χ1) is 2.73. The molecule has 0 spiro atoms. The van der Waals surface area contributed by atoms with Gasteiger partial charge in [-0.05, 0) is 6.16 Å². The second kappa shape index (κ2) is 8.83. The Morgan fingerprint density at radius 3 is 1.50 bits per heavy atom. The third kappa shape index (κ3) is 452. The maximum atomic E-state index is 8.33. The summed E-state index contributed by atoms with van der Waals surface area (Å²) in [5.41, 5.74) is 0. The molecule has 0 atom stereocenters. The molecule has 0 aliphatic rings. The van der Waals surface area contributed by atoms with Crippen LogP contribution < -0.4 is 10.2 Å². The van der Waals surface area contributed by atoms with Crippen LogP contribution in [0.15, 0.2) is 0 Å². The molecule has 40 valence electrons. The van der Waals surface area contributed by atoms with Crippen LogP contribution in [0, 0.1) is 0 Å². The number of hydrogen-bond acceptors (Lipinski definition) is 4. The number of hydrogen-bond donors (Lipinski definition) is 1. The van der Waals surface area contributed by atoms with Gasteiger partial charge in [-0.25, -0.2) is 0 Å². The Morgan fingerprint density at radius 2 is 1.50 bits per heavy atom. The van der Waals surface area contributed by atoms with Gasteiger partial charge in [0.1, 0.15) is 0 Å². The molecule has 0 saturated carbocycles. The molecule has 4 nitrogen and oxygen atoms in total. The van der Waals surface area contributed by atoms with Crippen molar-refractivity contribution in [1.29, 1.82) is 0 Å². The Bertz CT molecular complexity index is 30.5. The zero-order valence-corrected chi connectivity index (χ0v) is 3.42. The fourth-order valence-corrected chi connectivity index (χ4v) is 0. The maximum absolute atomic E-state index is 8.33. The van der Waals surface area contributed by atoms with Gasteiger partial charge in [0.05, 0.1) is 0 Å². The fourth-order valence-electron chi connectivity index (χ4n) is 0. The predicted molar refractivity (Wildman–Crippen MR) is 7.61 cm³/mol. The van der Waals surface area contributed by atoms with Crippen molar-refractivity contribution >= 4 is 6.16 Å². The fraction of sp³-hybridized carbons (Fsp3) is 0. The molecule has 0 saturated heterocycles. The summed E-state index contributed by atoms with van der Waals surface area (Å²) in [6.07, 6.45) is -2.33. The minimum atomic E-state index is -2.33. The third-order valence-electron chi connectivity index (χ3n) is 0. The summed E-state index contributed by atoms with van der Waals surface area (Å²) in [7, 11) is 0. The first-order valence-electron chi connectivity index (χ1n) is 0.747. The van der Waals surface area contributed by atoms with Gasteiger partial charge in [-0.1, -0.05) is 0 Å². The number of carboxylic acid groups (broad SMARTS) is 2. The van der Waals surface area contributed by atoms with Crippen molar-refractivity contribution in [2.45, 2.75) is 0 Å². The van der Waals surface area contributed by atoms with E-state index < -0.39 is 6.16 Å². The van der Waals surface area contributed by atoms with Crippen LogP contribution in [0.3, 0.4) is 0 Å². The van der Waals surface area contributed by atoms with Gasteiger partial charge in [-0.3, -0.25) is 0 Å². The molecule has 0 aromatic carbocycles.